The number of nitrogens with one attached hydrogen (secondary N) is 2. The van der Waals surface area contributed by atoms with Crippen LogP contribution in [0.4, 0.5) is 10.5 Å². The lowest BCUT2D eigenvalue weighted by Gasteiger charge is -2.24. The van der Waals surface area contributed by atoms with Gasteiger partial charge in [-0.05, 0) is 48.4 Å². The van der Waals surface area contributed by atoms with Gasteiger partial charge in [0.1, 0.15) is 0 Å². The maximum atomic E-state index is 13.3. The monoisotopic (exact) mass is 521 g/mol. The quantitative estimate of drug-likeness (QED) is 0.397. The lowest BCUT2D eigenvalue weighted by Crippen LogP contribution is -2.47. The number of benzene rings is 3. The zero-order chi connectivity index (χ0) is 26.4. The van der Waals surface area contributed by atoms with Gasteiger partial charge in [0.05, 0.1) is 13.2 Å². The summed E-state index contributed by atoms with van der Waals surface area (Å²) in [5, 5.41) is 6.11. The first-order valence-corrected chi connectivity index (χ1v) is 12.2. The van der Waals surface area contributed by atoms with E-state index in [1.165, 1.54) is 4.90 Å². The Balaban J connectivity index is 1.59. The molecule has 1 heterocycles. The molecule has 2 N–H and O–H groups in total. The number of cyclic esters (lactones) is 1. The molecule has 0 bridgehead atoms. The average molecular weight is 522 g/mol. The fourth-order valence-electron chi connectivity index (χ4n) is 4.11. The van der Waals surface area contributed by atoms with Crippen LogP contribution in [0, 0.1) is 6.92 Å². The van der Waals surface area contributed by atoms with Crippen LogP contribution in [0.1, 0.15) is 33.2 Å². The maximum Gasteiger partial charge on any atom is 0.411 e. The number of rotatable bonds is 9. The number of anilines is 1. The molecule has 0 aromatic heterocycles. The smallest absolute Gasteiger partial charge is 0.411 e. The van der Waals surface area contributed by atoms with Crippen molar-refractivity contribution < 1.29 is 23.9 Å². The summed E-state index contributed by atoms with van der Waals surface area (Å²) < 4.78 is 10.8. The van der Waals surface area contributed by atoms with Crippen molar-refractivity contribution in [2.24, 2.45) is 0 Å². The summed E-state index contributed by atoms with van der Waals surface area (Å²) in [6, 6.07) is 20.4. The Hall–Kier alpha value is -3.88. The number of hydrogen-bond acceptors (Lipinski definition) is 5. The molecule has 0 saturated carbocycles. The first-order chi connectivity index (χ1) is 17.9. The van der Waals surface area contributed by atoms with Crippen LogP contribution in [0.15, 0.2) is 72.8 Å². The van der Waals surface area contributed by atoms with Gasteiger partial charge in [0, 0.05) is 29.9 Å². The second-order valence-corrected chi connectivity index (χ2v) is 9.17. The van der Waals surface area contributed by atoms with Crippen molar-refractivity contribution in [3.05, 3.63) is 100 Å². The van der Waals surface area contributed by atoms with E-state index in [1.807, 2.05) is 31.2 Å². The first kappa shape index (κ1) is 26.2. The van der Waals surface area contributed by atoms with Gasteiger partial charge in [-0.3, -0.25) is 14.5 Å². The topological polar surface area (TPSA) is 97.0 Å². The Morgan fingerprint density at radius 3 is 2.54 bits per heavy atom. The van der Waals surface area contributed by atoms with Crippen LogP contribution in [0.2, 0.25) is 5.02 Å². The molecule has 1 aliphatic rings. The summed E-state index contributed by atoms with van der Waals surface area (Å²) in [5.41, 5.74) is 3.45. The number of ether oxygens (including phenoxy) is 2. The molecule has 192 valence electrons. The van der Waals surface area contributed by atoms with Crippen LogP contribution in [0.5, 0.6) is 0 Å². The molecule has 2 unspecified atom stereocenters. The van der Waals surface area contributed by atoms with Crippen molar-refractivity contribution in [3.8, 4) is 0 Å². The molecule has 9 heteroatoms. The highest BCUT2D eigenvalue weighted by atomic mass is 35.5. The van der Waals surface area contributed by atoms with Gasteiger partial charge >= 0.3 is 6.09 Å². The number of carbonyl (C=O) groups is 3. The van der Waals surface area contributed by atoms with E-state index >= 15 is 0 Å². The largest absolute Gasteiger partial charge is 0.438 e. The van der Waals surface area contributed by atoms with Crippen LogP contribution in [0.3, 0.4) is 0 Å². The highest BCUT2D eigenvalue weighted by molar-refractivity contribution is 6.31. The Bertz CT molecular complexity index is 1280. The third-order valence-corrected chi connectivity index (χ3v) is 6.23. The molecule has 37 heavy (non-hydrogen) atoms. The molecular formula is C28H28ClN3O5. The minimum Gasteiger partial charge on any atom is -0.438 e. The van der Waals surface area contributed by atoms with Crippen molar-refractivity contribution >= 4 is 35.2 Å². The van der Waals surface area contributed by atoms with Gasteiger partial charge in [0.15, 0.2) is 12.1 Å². The molecule has 3 aromatic rings. The Kier molecular flexibility index (Phi) is 8.43. The van der Waals surface area contributed by atoms with Crippen molar-refractivity contribution in [2.75, 3.05) is 25.6 Å². The number of hydrogen-bond donors (Lipinski definition) is 2. The Morgan fingerprint density at radius 2 is 1.81 bits per heavy atom. The summed E-state index contributed by atoms with van der Waals surface area (Å²) >= 11 is 6.01. The molecule has 2 atom stereocenters. The number of halogens is 1. The van der Waals surface area contributed by atoms with E-state index < -0.39 is 18.2 Å². The van der Waals surface area contributed by atoms with Gasteiger partial charge in [0.25, 0.3) is 5.91 Å². The van der Waals surface area contributed by atoms with Gasteiger partial charge in [-0.15, -0.1) is 0 Å². The standard InChI is InChI=1S/C28H28ClN3O5/c1-18-9-11-19(12-10-18)17-32-24(27(34)30-13-14-36-2)25(37-28(32)35)20-5-4-8-23(16-20)31-26(33)21-6-3-7-22(29)15-21/h3-12,15-16,24-25H,13-14,17H2,1-2H3,(H,30,34)(H,31,33). The normalized spacial score (nSPS) is 16.8. The fourth-order valence-corrected chi connectivity index (χ4v) is 4.30. The van der Waals surface area contributed by atoms with E-state index in [9.17, 15) is 14.4 Å². The second-order valence-electron chi connectivity index (χ2n) is 8.74. The molecule has 1 fully saturated rings. The molecule has 4 rings (SSSR count). The maximum absolute atomic E-state index is 13.3. The van der Waals surface area contributed by atoms with Crippen LogP contribution >= 0.6 is 11.6 Å². The van der Waals surface area contributed by atoms with Gasteiger partial charge in [0.2, 0.25) is 5.91 Å². The minimum absolute atomic E-state index is 0.211. The van der Waals surface area contributed by atoms with Crippen molar-refractivity contribution in [2.45, 2.75) is 25.6 Å². The molecule has 1 aliphatic heterocycles. The number of aryl methyl sites for hydroxylation is 1. The van der Waals surface area contributed by atoms with E-state index in [-0.39, 0.29) is 18.4 Å². The molecule has 3 aromatic carbocycles. The molecular weight excluding hydrogens is 494 g/mol. The highest BCUT2D eigenvalue weighted by Crippen LogP contribution is 2.35. The van der Waals surface area contributed by atoms with Gasteiger partial charge < -0.3 is 20.1 Å². The van der Waals surface area contributed by atoms with E-state index in [0.717, 1.165) is 11.1 Å². The lowest BCUT2D eigenvalue weighted by atomic mass is 10.00. The average Bonchev–Trinajstić information content (AvgIpc) is 3.21. The zero-order valence-corrected chi connectivity index (χ0v) is 21.3. The van der Waals surface area contributed by atoms with Crippen LogP contribution < -0.4 is 10.6 Å². The Labute approximate surface area is 220 Å². The summed E-state index contributed by atoms with van der Waals surface area (Å²) in [5.74, 6) is -0.689. The second kappa shape index (κ2) is 11.9. The number of carbonyl (C=O) groups excluding carboxylic acids is 3. The Morgan fingerprint density at radius 1 is 1.05 bits per heavy atom. The van der Waals surface area contributed by atoms with Gasteiger partial charge in [-0.1, -0.05) is 59.6 Å². The van der Waals surface area contributed by atoms with Crippen LogP contribution in [-0.4, -0.2) is 49.1 Å². The number of amides is 3. The van der Waals surface area contributed by atoms with Crippen molar-refractivity contribution in [3.63, 3.8) is 0 Å². The van der Waals surface area contributed by atoms with Crippen molar-refractivity contribution in [1.82, 2.24) is 10.2 Å². The van der Waals surface area contributed by atoms with Crippen molar-refractivity contribution in [1.29, 1.82) is 0 Å². The van der Waals surface area contributed by atoms with Crippen LogP contribution in [-0.2, 0) is 20.8 Å². The highest BCUT2D eigenvalue weighted by Gasteiger charge is 2.47. The summed E-state index contributed by atoms with van der Waals surface area (Å²) in [4.78, 5) is 40.4. The number of nitrogens with zero attached hydrogens (tertiary/aromatic N) is 1. The molecule has 0 radical (unpaired) electrons. The van der Waals surface area contributed by atoms with Gasteiger partial charge in [-0.2, -0.15) is 0 Å². The third kappa shape index (κ3) is 6.47. The molecule has 1 saturated heterocycles. The lowest BCUT2D eigenvalue weighted by molar-refractivity contribution is -0.126. The number of methoxy groups -OCH3 is 1. The van der Waals surface area contributed by atoms with E-state index in [4.69, 9.17) is 21.1 Å². The molecule has 0 spiro atoms. The van der Waals surface area contributed by atoms with Crippen LogP contribution in [0.25, 0.3) is 0 Å². The molecule has 8 nitrogen and oxygen atoms in total. The summed E-state index contributed by atoms with van der Waals surface area (Å²) in [6.07, 6.45) is -1.46. The van der Waals surface area contributed by atoms with E-state index in [0.29, 0.717) is 35.0 Å². The fraction of sp³-hybridized carbons (Fsp3) is 0.250. The predicted octanol–water partition coefficient (Wildman–Crippen LogP) is 4.73. The minimum atomic E-state index is -0.912. The molecule has 3 amide bonds. The van der Waals surface area contributed by atoms with E-state index in [2.05, 4.69) is 10.6 Å². The zero-order valence-electron chi connectivity index (χ0n) is 20.6. The summed E-state index contributed by atoms with van der Waals surface area (Å²) in [6.45, 7) is 2.82. The first-order valence-electron chi connectivity index (χ1n) is 11.8. The molecule has 0 aliphatic carbocycles. The van der Waals surface area contributed by atoms with E-state index in [1.54, 1.807) is 55.6 Å². The predicted molar refractivity (Wildman–Crippen MR) is 140 cm³/mol. The van der Waals surface area contributed by atoms with Gasteiger partial charge in [-0.25, -0.2) is 4.79 Å². The third-order valence-electron chi connectivity index (χ3n) is 5.99. The SMILES string of the molecule is COCCNC(=O)C1C(c2cccc(NC(=O)c3cccc(Cl)c3)c2)OC(=O)N1Cc1ccc(C)cc1. The summed E-state index contributed by atoms with van der Waals surface area (Å²) in [7, 11) is 1.55.